The van der Waals surface area contributed by atoms with Crippen LogP contribution in [0.1, 0.15) is 23.2 Å². The van der Waals surface area contributed by atoms with Crippen LogP contribution in [0.15, 0.2) is 24.3 Å². The highest BCUT2D eigenvalue weighted by Crippen LogP contribution is 2.12. The number of methoxy groups -OCH3 is 1. The van der Waals surface area contributed by atoms with Gasteiger partial charge in [0.25, 0.3) is 5.91 Å². The molecule has 1 aromatic carbocycles. The molecule has 4 heteroatoms. The number of halogens is 1. The zero-order chi connectivity index (χ0) is 11.8. The molecule has 0 aromatic heterocycles. The van der Waals surface area contributed by atoms with E-state index in [0.717, 1.165) is 12.8 Å². The van der Waals surface area contributed by atoms with Gasteiger partial charge in [-0.1, -0.05) is 6.07 Å². The fourth-order valence-corrected chi connectivity index (χ4v) is 1.48. The van der Waals surface area contributed by atoms with E-state index in [1.807, 2.05) is 6.07 Å². The SMILES string of the molecule is COc1cccc(C(=O)NCCCCCl)c1. The maximum Gasteiger partial charge on any atom is 0.251 e. The third-order valence-electron chi connectivity index (χ3n) is 2.18. The molecule has 0 radical (unpaired) electrons. The number of benzene rings is 1. The molecule has 1 amide bonds. The third kappa shape index (κ3) is 4.11. The van der Waals surface area contributed by atoms with Gasteiger partial charge in [-0.3, -0.25) is 4.79 Å². The number of nitrogens with one attached hydrogen (secondary N) is 1. The second-order valence-corrected chi connectivity index (χ2v) is 3.76. The van der Waals surface area contributed by atoms with Crippen LogP contribution in [-0.4, -0.2) is 25.4 Å². The highest BCUT2D eigenvalue weighted by atomic mass is 35.5. The standard InChI is InChI=1S/C12H16ClNO2/c1-16-11-6-4-5-10(9-11)12(15)14-8-3-2-7-13/h4-6,9H,2-3,7-8H2,1H3,(H,14,15). The lowest BCUT2D eigenvalue weighted by Gasteiger charge is -2.05. The van der Waals surface area contributed by atoms with Crippen molar-refractivity contribution < 1.29 is 9.53 Å². The fourth-order valence-electron chi connectivity index (χ4n) is 1.29. The second-order valence-electron chi connectivity index (χ2n) is 3.38. The van der Waals surface area contributed by atoms with Gasteiger partial charge >= 0.3 is 0 Å². The molecule has 1 rings (SSSR count). The van der Waals surface area contributed by atoms with Gasteiger partial charge in [0.15, 0.2) is 0 Å². The predicted molar refractivity (Wildman–Crippen MR) is 65.3 cm³/mol. The molecule has 0 heterocycles. The molecular weight excluding hydrogens is 226 g/mol. The van der Waals surface area contributed by atoms with Crippen LogP contribution < -0.4 is 10.1 Å². The zero-order valence-corrected chi connectivity index (χ0v) is 10.1. The van der Waals surface area contributed by atoms with Gasteiger partial charge in [-0.15, -0.1) is 11.6 Å². The third-order valence-corrected chi connectivity index (χ3v) is 2.45. The number of rotatable bonds is 6. The van der Waals surface area contributed by atoms with E-state index in [4.69, 9.17) is 16.3 Å². The molecule has 0 unspecified atom stereocenters. The smallest absolute Gasteiger partial charge is 0.251 e. The van der Waals surface area contributed by atoms with Crippen molar-refractivity contribution in [2.45, 2.75) is 12.8 Å². The summed E-state index contributed by atoms with van der Waals surface area (Å²) in [6, 6.07) is 7.09. The van der Waals surface area contributed by atoms with Crippen molar-refractivity contribution in [3.8, 4) is 5.75 Å². The highest BCUT2D eigenvalue weighted by molar-refractivity contribution is 6.17. The molecule has 3 nitrogen and oxygen atoms in total. The summed E-state index contributed by atoms with van der Waals surface area (Å²) in [5, 5.41) is 2.83. The lowest BCUT2D eigenvalue weighted by atomic mass is 10.2. The molecule has 16 heavy (non-hydrogen) atoms. The Hall–Kier alpha value is -1.22. The molecule has 0 atom stereocenters. The Morgan fingerprint density at radius 1 is 1.44 bits per heavy atom. The maximum absolute atomic E-state index is 11.7. The van der Waals surface area contributed by atoms with Crippen LogP contribution in [0.4, 0.5) is 0 Å². The largest absolute Gasteiger partial charge is 0.497 e. The van der Waals surface area contributed by atoms with Crippen molar-refractivity contribution in [3.63, 3.8) is 0 Å². The Morgan fingerprint density at radius 3 is 2.94 bits per heavy atom. The topological polar surface area (TPSA) is 38.3 Å². The van der Waals surface area contributed by atoms with Gasteiger partial charge in [0.05, 0.1) is 7.11 Å². The Morgan fingerprint density at radius 2 is 2.25 bits per heavy atom. The summed E-state index contributed by atoms with van der Waals surface area (Å²) in [6.45, 7) is 0.656. The van der Waals surface area contributed by atoms with Crippen LogP contribution in [0.25, 0.3) is 0 Å². The number of carbonyl (C=O) groups is 1. The molecule has 0 aliphatic rings. The highest BCUT2D eigenvalue weighted by Gasteiger charge is 2.05. The van der Waals surface area contributed by atoms with Crippen molar-refractivity contribution >= 4 is 17.5 Å². The van der Waals surface area contributed by atoms with Crippen LogP contribution in [0, 0.1) is 0 Å². The summed E-state index contributed by atoms with van der Waals surface area (Å²) in [6.07, 6.45) is 1.82. The molecule has 88 valence electrons. The van der Waals surface area contributed by atoms with Crippen LogP contribution in [0.3, 0.4) is 0 Å². The summed E-state index contributed by atoms with van der Waals surface area (Å²) >= 11 is 5.54. The van der Waals surface area contributed by atoms with Crippen LogP contribution in [-0.2, 0) is 0 Å². The van der Waals surface area contributed by atoms with Gasteiger partial charge in [0.1, 0.15) is 5.75 Å². The Bertz CT molecular complexity index is 342. The first-order chi connectivity index (χ1) is 7.77. The quantitative estimate of drug-likeness (QED) is 0.614. The number of hydrogen-bond donors (Lipinski definition) is 1. The lowest BCUT2D eigenvalue weighted by molar-refractivity contribution is 0.0953. The van der Waals surface area contributed by atoms with Crippen molar-refractivity contribution in [1.82, 2.24) is 5.32 Å². The van der Waals surface area contributed by atoms with E-state index < -0.39 is 0 Å². The van der Waals surface area contributed by atoms with Gasteiger partial charge < -0.3 is 10.1 Å². The first kappa shape index (κ1) is 12.8. The first-order valence-corrected chi connectivity index (χ1v) is 5.79. The Balaban J connectivity index is 2.46. The fraction of sp³-hybridized carbons (Fsp3) is 0.417. The van der Waals surface area contributed by atoms with Gasteiger partial charge in [-0.2, -0.15) is 0 Å². The number of ether oxygens (including phenoxy) is 1. The summed E-state index contributed by atoms with van der Waals surface area (Å²) in [7, 11) is 1.58. The molecule has 0 spiro atoms. The van der Waals surface area contributed by atoms with Gasteiger partial charge in [-0.25, -0.2) is 0 Å². The van der Waals surface area contributed by atoms with E-state index in [0.29, 0.717) is 23.7 Å². The molecule has 0 bridgehead atoms. The van der Waals surface area contributed by atoms with E-state index >= 15 is 0 Å². The van der Waals surface area contributed by atoms with Gasteiger partial charge in [0, 0.05) is 18.0 Å². The normalized spacial score (nSPS) is 9.88. The van der Waals surface area contributed by atoms with E-state index in [2.05, 4.69) is 5.32 Å². The van der Waals surface area contributed by atoms with E-state index in [1.165, 1.54) is 0 Å². The predicted octanol–water partition coefficient (Wildman–Crippen LogP) is 2.44. The van der Waals surface area contributed by atoms with E-state index in [-0.39, 0.29) is 5.91 Å². The lowest BCUT2D eigenvalue weighted by Crippen LogP contribution is -2.24. The maximum atomic E-state index is 11.7. The van der Waals surface area contributed by atoms with Crippen molar-refractivity contribution in [1.29, 1.82) is 0 Å². The molecule has 0 saturated heterocycles. The van der Waals surface area contributed by atoms with E-state index in [1.54, 1.807) is 25.3 Å². The molecule has 0 aliphatic carbocycles. The minimum absolute atomic E-state index is 0.0755. The molecule has 1 aromatic rings. The van der Waals surface area contributed by atoms with Crippen molar-refractivity contribution in [2.75, 3.05) is 19.5 Å². The van der Waals surface area contributed by atoms with Crippen molar-refractivity contribution in [2.24, 2.45) is 0 Å². The zero-order valence-electron chi connectivity index (χ0n) is 9.33. The summed E-state index contributed by atoms with van der Waals surface area (Å²) in [5.41, 5.74) is 0.616. The number of alkyl halides is 1. The molecule has 0 aliphatic heterocycles. The summed E-state index contributed by atoms with van der Waals surface area (Å²) in [5.74, 6) is 1.25. The Labute approximate surface area is 101 Å². The first-order valence-electron chi connectivity index (χ1n) is 5.26. The monoisotopic (exact) mass is 241 g/mol. The van der Waals surface area contributed by atoms with Gasteiger partial charge in [-0.05, 0) is 31.0 Å². The average molecular weight is 242 g/mol. The average Bonchev–Trinajstić information content (AvgIpc) is 2.34. The van der Waals surface area contributed by atoms with Crippen LogP contribution in [0.2, 0.25) is 0 Å². The van der Waals surface area contributed by atoms with Crippen LogP contribution >= 0.6 is 11.6 Å². The summed E-state index contributed by atoms with van der Waals surface area (Å²) < 4.78 is 5.05. The van der Waals surface area contributed by atoms with Gasteiger partial charge in [0.2, 0.25) is 0 Å². The van der Waals surface area contributed by atoms with Crippen LogP contribution in [0.5, 0.6) is 5.75 Å². The number of hydrogen-bond acceptors (Lipinski definition) is 2. The molecule has 0 fully saturated rings. The van der Waals surface area contributed by atoms with Crippen molar-refractivity contribution in [3.05, 3.63) is 29.8 Å². The Kier molecular flexibility index (Phi) is 5.72. The van der Waals surface area contributed by atoms with E-state index in [9.17, 15) is 4.79 Å². The summed E-state index contributed by atoms with van der Waals surface area (Å²) in [4.78, 5) is 11.7. The molecule has 1 N–H and O–H groups in total. The molecular formula is C12H16ClNO2. The second kappa shape index (κ2) is 7.12. The minimum atomic E-state index is -0.0755. The number of unbranched alkanes of at least 4 members (excludes halogenated alkanes) is 1. The molecule has 0 saturated carbocycles. The minimum Gasteiger partial charge on any atom is -0.497 e. The number of amides is 1. The number of carbonyl (C=O) groups excluding carboxylic acids is 1.